The number of ether oxygens (including phenoxy) is 1. The number of amides is 3. The van der Waals surface area contributed by atoms with E-state index in [1.54, 1.807) is 12.1 Å². The number of nitrogens with zero attached hydrogens (tertiary/aromatic N) is 1. The summed E-state index contributed by atoms with van der Waals surface area (Å²) in [7, 11) is 0. The third-order valence-electron chi connectivity index (χ3n) is 4.55. The average molecular weight is 351 g/mol. The number of nitrogens with one attached hydrogen (secondary N) is 1. The molecule has 0 atom stereocenters. The number of carbonyl (C=O) groups excluding carboxylic acids is 3. The van der Waals surface area contributed by atoms with E-state index in [2.05, 4.69) is 5.32 Å². The van der Waals surface area contributed by atoms with Crippen LogP contribution in [-0.4, -0.2) is 34.9 Å². The molecule has 7 heteroatoms. The van der Waals surface area contributed by atoms with Crippen LogP contribution in [0, 0.1) is 6.92 Å². The summed E-state index contributed by atoms with van der Waals surface area (Å²) in [6, 6.07) is 4.71. The van der Waals surface area contributed by atoms with Crippen LogP contribution in [0.25, 0.3) is 0 Å². The van der Waals surface area contributed by atoms with Crippen LogP contribution in [0.5, 0.6) is 5.75 Å². The van der Waals surface area contributed by atoms with E-state index in [0.717, 1.165) is 23.3 Å². The molecule has 1 N–H and O–H groups in total. The first-order chi connectivity index (χ1) is 11.4. The fraction of sp³-hybridized carbons (Fsp3) is 0.471. The molecule has 1 heterocycles. The topological polar surface area (TPSA) is 75.7 Å². The van der Waals surface area contributed by atoms with Gasteiger partial charge in [-0.15, -0.1) is 0 Å². The molecule has 0 aromatic heterocycles. The first kappa shape index (κ1) is 16.8. The predicted octanol–water partition coefficient (Wildman–Crippen LogP) is 2.81. The molecule has 3 rings (SSSR count). The Bertz CT molecular complexity index is 698. The van der Waals surface area contributed by atoms with Gasteiger partial charge in [0.2, 0.25) is 0 Å². The monoisotopic (exact) mass is 350 g/mol. The van der Waals surface area contributed by atoms with Gasteiger partial charge >= 0.3 is 12.0 Å². The number of aryl methyl sites for hydroxylation is 1. The zero-order valence-electron chi connectivity index (χ0n) is 13.4. The molecule has 1 saturated heterocycles. The molecule has 1 aromatic rings. The van der Waals surface area contributed by atoms with Crippen molar-refractivity contribution in [3.63, 3.8) is 0 Å². The summed E-state index contributed by atoms with van der Waals surface area (Å²) >= 11 is 5.99. The zero-order chi connectivity index (χ0) is 17.3. The van der Waals surface area contributed by atoms with Crippen molar-refractivity contribution >= 4 is 29.5 Å². The number of hydrogen-bond donors (Lipinski definition) is 1. The molecule has 1 spiro atoms. The summed E-state index contributed by atoms with van der Waals surface area (Å²) in [5.41, 5.74) is 0.167. The number of imide groups is 1. The second-order valence-corrected chi connectivity index (χ2v) is 6.74. The highest BCUT2D eigenvalue weighted by Gasteiger charge is 2.52. The first-order valence-corrected chi connectivity index (χ1v) is 8.40. The van der Waals surface area contributed by atoms with Gasteiger partial charge in [0, 0.05) is 6.54 Å². The predicted molar refractivity (Wildman–Crippen MR) is 87.9 cm³/mol. The second-order valence-electron chi connectivity index (χ2n) is 6.33. The van der Waals surface area contributed by atoms with Gasteiger partial charge in [-0.1, -0.05) is 30.5 Å². The minimum Gasteiger partial charge on any atom is -0.425 e. The molecule has 1 aromatic carbocycles. The van der Waals surface area contributed by atoms with E-state index in [9.17, 15) is 14.4 Å². The van der Waals surface area contributed by atoms with Crippen LogP contribution in [0.3, 0.4) is 0 Å². The van der Waals surface area contributed by atoms with Gasteiger partial charge in [-0.25, -0.2) is 4.79 Å². The largest absolute Gasteiger partial charge is 0.425 e. The Morgan fingerprint density at radius 1 is 1.33 bits per heavy atom. The Morgan fingerprint density at radius 2 is 2.04 bits per heavy atom. The van der Waals surface area contributed by atoms with Gasteiger partial charge in [-0.05, 0) is 37.5 Å². The fourth-order valence-corrected chi connectivity index (χ4v) is 3.42. The van der Waals surface area contributed by atoms with Crippen molar-refractivity contribution < 1.29 is 19.1 Å². The van der Waals surface area contributed by atoms with Crippen molar-refractivity contribution in [2.24, 2.45) is 0 Å². The molecule has 1 aliphatic carbocycles. The lowest BCUT2D eigenvalue weighted by molar-refractivity contribution is -0.135. The van der Waals surface area contributed by atoms with Crippen LogP contribution in [-0.2, 0) is 9.59 Å². The lowest BCUT2D eigenvalue weighted by Crippen LogP contribution is -2.44. The minimum absolute atomic E-state index is 0.00862. The van der Waals surface area contributed by atoms with E-state index in [1.165, 1.54) is 0 Å². The van der Waals surface area contributed by atoms with Crippen molar-refractivity contribution in [1.29, 1.82) is 0 Å². The molecule has 2 fully saturated rings. The number of hydrogen-bond acceptors (Lipinski definition) is 4. The Hall–Kier alpha value is -2.08. The standard InChI is InChI=1S/C17H19ClN2O4/c1-11-4-5-12(18)13(10-11)24-14(21)6-9-20-15(22)17(19-16(20)23)7-2-3-8-17/h4-5,10H,2-3,6-9H2,1H3,(H,19,23). The maximum atomic E-state index is 12.5. The van der Waals surface area contributed by atoms with Gasteiger partial charge in [0.1, 0.15) is 11.3 Å². The van der Waals surface area contributed by atoms with Crippen molar-refractivity contribution in [2.45, 2.75) is 44.6 Å². The lowest BCUT2D eigenvalue weighted by Gasteiger charge is -2.19. The summed E-state index contributed by atoms with van der Waals surface area (Å²) in [6.45, 7) is 1.87. The minimum atomic E-state index is -0.749. The molecule has 1 aliphatic heterocycles. The molecule has 128 valence electrons. The first-order valence-electron chi connectivity index (χ1n) is 8.02. The Morgan fingerprint density at radius 3 is 2.75 bits per heavy atom. The summed E-state index contributed by atoms with van der Waals surface area (Å²) in [5.74, 6) is -0.479. The Balaban J connectivity index is 1.59. The van der Waals surface area contributed by atoms with Crippen molar-refractivity contribution in [1.82, 2.24) is 10.2 Å². The highest BCUT2D eigenvalue weighted by molar-refractivity contribution is 6.32. The third-order valence-corrected chi connectivity index (χ3v) is 4.87. The average Bonchev–Trinajstić information content (AvgIpc) is 3.08. The molecule has 3 amide bonds. The molecule has 6 nitrogen and oxygen atoms in total. The highest BCUT2D eigenvalue weighted by atomic mass is 35.5. The van der Waals surface area contributed by atoms with Crippen LogP contribution in [0.4, 0.5) is 4.79 Å². The molecular formula is C17H19ClN2O4. The maximum Gasteiger partial charge on any atom is 0.325 e. The quantitative estimate of drug-likeness (QED) is 0.514. The van der Waals surface area contributed by atoms with E-state index in [4.69, 9.17) is 16.3 Å². The number of urea groups is 1. The highest BCUT2D eigenvalue weighted by Crippen LogP contribution is 2.35. The zero-order valence-corrected chi connectivity index (χ0v) is 14.2. The maximum absolute atomic E-state index is 12.5. The Labute approximate surface area is 145 Å². The molecule has 2 aliphatic rings. The van der Waals surface area contributed by atoms with Crippen LogP contribution < -0.4 is 10.1 Å². The van der Waals surface area contributed by atoms with Gasteiger partial charge in [-0.2, -0.15) is 0 Å². The normalized spacial score (nSPS) is 19.0. The lowest BCUT2D eigenvalue weighted by atomic mass is 9.98. The molecule has 24 heavy (non-hydrogen) atoms. The molecule has 0 radical (unpaired) electrons. The van der Waals surface area contributed by atoms with E-state index in [-0.39, 0.29) is 24.6 Å². The van der Waals surface area contributed by atoms with Crippen LogP contribution in [0.1, 0.15) is 37.7 Å². The van der Waals surface area contributed by atoms with Crippen LogP contribution in [0.2, 0.25) is 5.02 Å². The number of halogens is 1. The number of rotatable bonds is 4. The molecule has 1 saturated carbocycles. The van der Waals surface area contributed by atoms with Crippen molar-refractivity contribution in [2.75, 3.05) is 6.54 Å². The van der Waals surface area contributed by atoms with Crippen molar-refractivity contribution in [3.05, 3.63) is 28.8 Å². The molecule has 0 bridgehead atoms. The summed E-state index contributed by atoms with van der Waals surface area (Å²) in [5, 5.41) is 3.12. The third kappa shape index (κ3) is 3.11. The van der Waals surface area contributed by atoms with E-state index in [0.29, 0.717) is 17.9 Å². The molecular weight excluding hydrogens is 332 g/mol. The molecule has 0 unspecified atom stereocenters. The van der Waals surface area contributed by atoms with Gasteiger partial charge < -0.3 is 10.1 Å². The Kier molecular flexibility index (Phi) is 4.49. The SMILES string of the molecule is Cc1ccc(Cl)c(OC(=O)CCN2C(=O)NC3(CCCC3)C2=O)c1. The van der Waals surface area contributed by atoms with Crippen molar-refractivity contribution in [3.8, 4) is 5.75 Å². The number of esters is 1. The second kappa shape index (κ2) is 6.43. The summed E-state index contributed by atoms with van der Waals surface area (Å²) < 4.78 is 5.23. The van der Waals surface area contributed by atoms with Gasteiger partial charge in [0.25, 0.3) is 5.91 Å². The van der Waals surface area contributed by atoms with E-state index >= 15 is 0 Å². The van der Waals surface area contributed by atoms with Gasteiger partial charge in [-0.3, -0.25) is 14.5 Å². The van der Waals surface area contributed by atoms with Gasteiger partial charge in [0.15, 0.2) is 0 Å². The fourth-order valence-electron chi connectivity index (χ4n) is 3.26. The summed E-state index contributed by atoms with van der Waals surface area (Å²) in [6.07, 6.45) is 3.11. The van der Waals surface area contributed by atoms with Gasteiger partial charge in [0.05, 0.1) is 11.4 Å². The number of benzene rings is 1. The van der Waals surface area contributed by atoms with E-state index in [1.807, 2.05) is 13.0 Å². The number of carbonyl (C=O) groups is 3. The smallest absolute Gasteiger partial charge is 0.325 e. The van der Waals surface area contributed by atoms with E-state index < -0.39 is 17.5 Å². The van der Waals surface area contributed by atoms with Crippen LogP contribution >= 0.6 is 11.6 Å². The summed E-state index contributed by atoms with van der Waals surface area (Å²) in [4.78, 5) is 37.6. The van der Waals surface area contributed by atoms with Crippen LogP contribution in [0.15, 0.2) is 18.2 Å².